The van der Waals surface area contributed by atoms with Crippen LogP contribution in [0.3, 0.4) is 0 Å². The maximum atomic E-state index is 13.5. The van der Waals surface area contributed by atoms with Crippen molar-refractivity contribution >= 4 is 5.97 Å². The molecule has 5 heteroatoms. The first-order valence-corrected chi connectivity index (χ1v) is 5.30. The average Bonchev–Trinajstić information content (AvgIpc) is 2.28. The number of aliphatic hydroxyl groups is 1. The lowest BCUT2D eigenvalue weighted by atomic mass is 10.1. The minimum Gasteiger partial charge on any atom is -0.465 e. The van der Waals surface area contributed by atoms with Gasteiger partial charge in [-0.05, 0) is 24.6 Å². The molecule has 0 amide bonds. The molecule has 0 aliphatic carbocycles. The first-order chi connectivity index (χ1) is 8.04. The third kappa shape index (κ3) is 4.13. The molecule has 0 saturated carbocycles. The van der Waals surface area contributed by atoms with Crippen molar-refractivity contribution in [2.24, 2.45) is 0 Å². The topological polar surface area (TPSA) is 58.6 Å². The fourth-order valence-corrected chi connectivity index (χ4v) is 1.37. The van der Waals surface area contributed by atoms with Crippen LogP contribution in [-0.4, -0.2) is 30.8 Å². The average molecular weight is 241 g/mol. The molecule has 0 radical (unpaired) electrons. The van der Waals surface area contributed by atoms with E-state index >= 15 is 0 Å². The van der Waals surface area contributed by atoms with E-state index in [0.29, 0.717) is 18.7 Å². The highest BCUT2D eigenvalue weighted by molar-refractivity contribution is 5.89. The second kappa shape index (κ2) is 6.32. The normalized spacial score (nSPS) is 12.2. The van der Waals surface area contributed by atoms with E-state index in [2.05, 4.69) is 10.1 Å². The Bertz CT molecular complexity index is 393. The minimum atomic E-state index is -0.689. The van der Waals surface area contributed by atoms with Crippen LogP contribution in [-0.2, 0) is 11.3 Å². The zero-order valence-corrected chi connectivity index (χ0v) is 9.87. The molecule has 0 spiro atoms. The number of rotatable bonds is 5. The molecule has 4 nitrogen and oxygen atoms in total. The Morgan fingerprint density at radius 1 is 1.59 bits per heavy atom. The van der Waals surface area contributed by atoms with Gasteiger partial charge >= 0.3 is 5.97 Å². The Labute approximate surface area is 99.4 Å². The monoisotopic (exact) mass is 241 g/mol. The van der Waals surface area contributed by atoms with E-state index in [1.807, 2.05) is 0 Å². The van der Waals surface area contributed by atoms with Crippen LogP contribution in [0.4, 0.5) is 4.39 Å². The van der Waals surface area contributed by atoms with Gasteiger partial charge in [-0.15, -0.1) is 0 Å². The minimum absolute atomic E-state index is 0.0771. The molecule has 0 aliphatic rings. The van der Waals surface area contributed by atoms with Gasteiger partial charge in [-0.1, -0.05) is 6.07 Å². The van der Waals surface area contributed by atoms with E-state index in [0.717, 1.165) is 0 Å². The molecule has 94 valence electrons. The Hall–Kier alpha value is -1.46. The van der Waals surface area contributed by atoms with Crippen molar-refractivity contribution in [1.29, 1.82) is 0 Å². The first-order valence-electron chi connectivity index (χ1n) is 5.30. The summed E-state index contributed by atoms with van der Waals surface area (Å²) in [5.74, 6) is -1.29. The molecule has 0 heterocycles. The highest BCUT2D eigenvalue weighted by atomic mass is 19.1. The van der Waals surface area contributed by atoms with Gasteiger partial charge < -0.3 is 15.2 Å². The summed E-state index contributed by atoms with van der Waals surface area (Å²) in [5.41, 5.74) is 0.627. The van der Waals surface area contributed by atoms with Crippen LogP contribution in [0.1, 0.15) is 22.8 Å². The summed E-state index contributed by atoms with van der Waals surface area (Å²) in [7, 11) is 1.21. The molecule has 0 saturated heterocycles. The number of aliphatic hydroxyl groups excluding tert-OH is 1. The molecular weight excluding hydrogens is 225 g/mol. The van der Waals surface area contributed by atoms with Gasteiger partial charge in [0.15, 0.2) is 0 Å². The van der Waals surface area contributed by atoms with Gasteiger partial charge in [-0.25, -0.2) is 9.18 Å². The largest absolute Gasteiger partial charge is 0.465 e. The number of nitrogens with one attached hydrogen (secondary N) is 1. The second-order valence-electron chi connectivity index (χ2n) is 3.79. The molecular formula is C12H16FNO3. The maximum Gasteiger partial charge on any atom is 0.340 e. The Morgan fingerprint density at radius 3 is 2.82 bits per heavy atom. The van der Waals surface area contributed by atoms with Crippen molar-refractivity contribution in [3.05, 3.63) is 35.1 Å². The van der Waals surface area contributed by atoms with Gasteiger partial charge in [0.05, 0.1) is 18.8 Å². The Kier molecular flexibility index (Phi) is 5.06. The summed E-state index contributed by atoms with van der Waals surface area (Å²) in [5, 5.41) is 12.0. The summed E-state index contributed by atoms with van der Waals surface area (Å²) in [4.78, 5) is 11.1. The second-order valence-corrected chi connectivity index (χ2v) is 3.79. The molecule has 0 fully saturated rings. The van der Waals surface area contributed by atoms with E-state index in [-0.39, 0.29) is 5.56 Å². The van der Waals surface area contributed by atoms with Crippen molar-refractivity contribution < 1.29 is 19.0 Å². The van der Waals surface area contributed by atoms with E-state index in [1.165, 1.54) is 19.2 Å². The highest BCUT2D eigenvalue weighted by Crippen LogP contribution is 2.11. The molecule has 1 atom stereocenters. The van der Waals surface area contributed by atoms with Crippen LogP contribution in [0.2, 0.25) is 0 Å². The lowest BCUT2D eigenvalue weighted by Gasteiger charge is -2.08. The smallest absolute Gasteiger partial charge is 0.340 e. The fraction of sp³-hybridized carbons (Fsp3) is 0.417. The quantitative estimate of drug-likeness (QED) is 0.757. The Morgan fingerprint density at radius 2 is 2.29 bits per heavy atom. The number of carbonyl (C=O) groups excluding carboxylic acids is 1. The van der Waals surface area contributed by atoms with Gasteiger partial charge in [0.1, 0.15) is 5.82 Å². The van der Waals surface area contributed by atoms with E-state index in [9.17, 15) is 9.18 Å². The van der Waals surface area contributed by atoms with Gasteiger partial charge in [0.2, 0.25) is 0 Å². The molecule has 0 aliphatic heterocycles. The molecule has 1 rings (SSSR count). The predicted octanol–water partition coefficient (Wildman–Crippen LogP) is 1.08. The molecule has 1 unspecified atom stereocenters. The maximum absolute atomic E-state index is 13.5. The van der Waals surface area contributed by atoms with Crippen LogP contribution in [0.15, 0.2) is 18.2 Å². The lowest BCUT2D eigenvalue weighted by Crippen LogP contribution is -2.23. The van der Waals surface area contributed by atoms with Crippen LogP contribution in [0, 0.1) is 5.82 Å². The molecule has 0 bridgehead atoms. The number of hydrogen-bond acceptors (Lipinski definition) is 4. The van der Waals surface area contributed by atoms with Crippen molar-refractivity contribution in [3.8, 4) is 0 Å². The molecule has 0 aromatic heterocycles. The van der Waals surface area contributed by atoms with Gasteiger partial charge in [-0.3, -0.25) is 0 Å². The summed E-state index contributed by atoms with van der Waals surface area (Å²) < 4.78 is 17.9. The van der Waals surface area contributed by atoms with Gasteiger partial charge in [0.25, 0.3) is 0 Å². The van der Waals surface area contributed by atoms with Crippen molar-refractivity contribution in [3.63, 3.8) is 0 Å². The summed E-state index contributed by atoms with van der Waals surface area (Å²) in [6.07, 6.45) is -0.450. The van der Waals surface area contributed by atoms with Gasteiger partial charge in [-0.2, -0.15) is 0 Å². The summed E-state index contributed by atoms with van der Waals surface area (Å²) in [6, 6.07) is 4.31. The van der Waals surface area contributed by atoms with Crippen molar-refractivity contribution in [2.75, 3.05) is 13.7 Å². The standard InChI is InChI=1S/C12H16FNO3/c1-8(15)6-14-7-9-3-4-10(11(13)5-9)12(16)17-2/h3-5,8,14-15H,6-7H2,1-2H3. The number of ether oxygens (including phenoxy) is 1. The van der Waals surface area contributed by atoms with Crippen LogP contribution >= 0.6 is 0 Å². The number of methoxy groups -OCH3 is 1. The number of carbonyl (C=O) groups is 1. The number of benzene rings is 1. The third-order valence-corrected chi connectivity index (χ3v) is 2.21. The predicted molar refractivity (Wildman–Crippen MR) is 61.1 cm³/mol. The van der Waals surface area contributed by atoms with Crippen molar-refractivity contribution in [1.82, 2.24) is 5.32 Å². The zero-order chi connectivity index (χ0) is 12.8. The summed E-state index contributed by atoms with van der Waals surface area (Å²) in [6.45, 7) is 2.53. The fourth-order valence-electron chi connectivity index (χ4n) is 1.37. The molecule has 1 aromatic rings. The van der Waals surface area contributed by atoms with Crippen molar-refractivity contribution in [2.45, 2.75) is 19.6 Å². The molecule has 2 N–H and O–H groups in total. The molecule has 17 heavy (non-hydrogen) atoms. The number of hydrogen-bond donors (Lipinski definition) is 2. The van der Waals surface area contributed by atoms with Gasteiger partial charge in [0, 0.05) is 13.1 Å². The van der Waals surface area contributed by atoms with Crippen LogP contribution in [0.25, 0.3) is 0 Å². The highest BCUT2D eigenvalue weighted by Gasteiger charge is 2.11. The van der Waals surface area contributed by atoms with Crippen LogP contribution < -0.4 is 5.32 Å². The zero-order valence-electron chi connectivity index (χ0n) is 9.87. The first kappa shape index (κ1) is 13.6. The lowest BCUT2D eigenvalue weighted by molar-refractivity contribution is 0.0595. The van der Waals surface area contributed by atoms with Crippen LogP contribution in [0.5, 0.6) is 0 Å². The van der Waals surface area contributed by atoms with E-state index in [4.69, 9.17) is 5.11 Å². The summed E-state index contributed by atoms with van der Waals surface area (Å²) >= 11 is 0. The number of esters is 1. The van der Waals surface area contributed by atoms with E-state index in [1.54, 1.807) is 13.0 Å². The third-order valence-electron chi connectivity index (χ3n) is 2.21. The SMILES string of the molecule is COC(=O)c1ccc(CNCC(C)O)cc1F. The Balaban J connectivity index is 2.65. The molecule has 1 aromatic carbocycles. The number of halogens is 1. The van der Waals surface area contributed by atoms with E-state index < -0.39 is 17.9 Å².